The Morgan fingerprint density at radius 3 is 2.26 bits per heavy atom. The van der Waals surface area contributed by atoms with Crippen LogP contribution >= 0.6 is 0 Å². The zero-order valence-corrected chi connectivity index (χ0v) is 16.4. The van der Waals surface area contributed by atoms with E-state index in [2.05, 4.69) is 17.2 Å². The molecule has 148 valence electrons. The quantitative estimate of drug-likeness (QED) is 0.463. The van der Waals surface area contributed by atoms with Crippen molar-refractivity contribution in [3.8, 4) is 29.3 Å². The van der Waals surface area contributed by atoms with Gasteiger partial charge in [0.25, 0.3) is 0 Å². The molecule has 2 N–H and O–H groups in total. The summed E-state index contributed by atoms with van der Waals surface area (Å²) in [5.74, 6) is 1.53. The number of ether oxygens (including phenoxy) is 1. The molecule has 1 heterocycles. The first-order valence-corrected chi connectivity index (χ1v) is 9.49. The summed E-state index contributed by atoms with van der Waals surface area (Å²) in [6.07, 6.45) is 1.66. The topological polar surface area (TPSA) is 101 Å². The van der Waals surface area contributed by atoms with Gasteiger partial charge in [-0.2, -0.15) is 15.6 Å². The second kappa shape index (κ2) is 8.69. The van der Waals surface area contributed by atoms with Crippen molar-refractivity contribution in [3.05, 3.63) is 102 Å². The Balaban J connectivity index is 1.72. The highest BCUT2D eigenvalue weighted by molar-refractivity contribution is 5.91. The molecule has 0 fully saturated rings. The van der Waals surface area contributed by atoms with Gasteiger partial charge >= 0.3 is 0 Å². The molecule has 0 aliphatic carbocycles. The molecule has 0 amide bonds. The van der Waals surface area contributed by atoms with Crippen LogP contribution in [0, 0.1) is 22.7 Å². The van der Waals surface area contributed by atoms with Crippen molar-refractivity contribution in [1.29, 1.82) is 10.5 Å². The van der Waals surface area contributed by atoms with Crippen LogP contribution in [0.4, 0.5) is 5.82 Å². The smallest absolute Gasteiger partial charge is 0.145 e. The normalized spacial score (nSPS) is 10.8. The summed E-state index contributed by atoms with van der Waals surface area (Å²) in [5.41, 5.74) is 8.24. The van der Waals surface area contributed by atoms with Crippen molar-refractivity contribution in [2.24, 2.45) is 0 Å². The highest BCUT2D eigenvalue weighted by Crippen LogP contribution is 2.28. The van der Waals surface area contributed by atoms with Gasteiger partial charge in [0.05, 0.1) is 11.3 Å². The Bertz CT molecular complexity index is 1330. The fraction of sp³-hybridized carbons (Fsp3) is 0. The lowest BCUT2D eigenvalue weighted by Crippen LogP contribution is -2.02. The molecule has 0 aliphatic rings. The lowest BCUT2D eigenvalue weighted by atomic mass is 10.1. The second-order valence-corrected chi connectivity index (χ2v) is 6.63. The van der Waals surface area contributed by atoms with Gasteiger partial charge in [0.2, 0.25) is 0 Å². The number of para-hydroxylation sites is 2. The molecule has 0 bridgehead atoms. The number of benzene rings is 3. The third-order valence-corrected chi connectivity index (χ3v) is 4.56. The summed E-state index contributed by atoms with van der Waals surface area (Å²) in [5, 5.41) is 23.9. The van der Waals surface area contributed by atoms with E-state index >= 15 is 0 Å². The third-order valence-electron chi connectivity index (χ3n) is 4.56. The third kappa shape index (κ3) is 4.14. The van der Waals surface area contributed by atoms with Gasteiger partial charge in [-0.15, -0.1) is 0 Å². The van der Waals surface area contributed by atoms with E-state index < -0.39 is 0 Å². The Morgan fingerprint density at radius 2 is 1.58 bits per heavy atom. The van der Waals surface area contributed by atoms with Crippen LogP contribution < -0.4 is 10.5 Å². The van der Waals surface area contributed by atoms with Crippen molar-refractivity contribution in [2.75, 3.05) is 5.73 Å². The van der Waals surface area contributed by atoms with E-state index in [1.807, 2.05) is 84.9 Å². The van der Waals surface area contributed by atoms with Crippen molar-refractivity contribution in [1.82, 2.24) is 9.78 Å². The molecule has 31 heavy (non-hydrogen) atoms. The molecule has 0 spiro atoms. The number of anilines is 1. The molecule has 6 heteroatoms. The van der Waals surface area contributed by atoms with Gasteiger partial charge in [0.15, 0.2) is 0 Å². The van der Waals surface area contributed by atoms with Crippen LogP contribution in [0.15, 0.2) is 84.9 Å². The van der Waals surface area contributed by atoms with Crippen molar-refractivity contribution < 1.29 is 4.74 Å². The van der Waals surface area contributed by atoms with Crippen LogP contribution in [0.25, 0.3) is 17.3 Å². The maximum Gasteiger partial charge on any atom is 0.145 e. The first-order valence-electron chi connectivity index (χ1n) is 9.49. The van der Waals surface area contributed by atoms with Gasteiger partial charge in [-0.25, -0.2) is 4.68 Å². The Morgan fingerprint density at radius 1 is 0.903 bits per heavy atom. The maximum atomic E-state index is 9.79. The molecular formula is C25H17N5O. The summed E-state index contributed by atoms with van der Waals surface area (Å²) in [7, 11) is 0. The molecule has 0 aliphatic heterocycles. The lowest BCUT2D eigenvalue weighted by molar-refractivity contribution is 0.482. The van der Waals surface area contributed by atoms with Gasteiger partial charge < -0.3 is 10.5 Å². The summed E-state index contributed by atoms with van der Waals surface area (Å²) < 4.78 is 7.33. The van der Waals surface area contributed by atoms with Crippen LogP contribution in [-0.4, -0.2) is 9.78 Å². The number of nitrogens with zero attached hydrogens (tertiary/aromatic N) is 4. The van der Waals surface area contributed by atoms with E-state index in [0.717, 1.165) is 5.56 Å². The van der Waals surface area contributed by atoms with Crippen LogP contribution in [-0.2, 0) is 0 Å². The van der Waals surface area contributed by atoms with Crippen molar-refractivity contribution >= 4 is 17.5 Å². The average molecular weight is 403 g/mol. The van der Waals surface area contributed by atoms with Crippen LogP contribution in [0.1, 0.15) is 16.8 Å². The molecule has 6 nitrogen and oxygen atoms in total. The van der Waals surface area contributed by atoms with Gasteiger partial charge in [0, 0.05) is 0 Å². The van der Waals surface area contributed by atoms with Crippen LogP contribution in [0.2, 0.25) is 0 Å². The number of aromatic nitrogens is 2. The zero-order valence-electron chi connectivity index (χ0n) is 16.4. The summed E-state index contributed by atoms with van der Waals surface area (Å²) in [4.78, 5) is 0. The van der Waals surface area contributed by atoms with E-state index in [0.29, 0.717) is 17.2 Å². The predicted molar refractivity (Wildman–Crippen MR) is 119 cm³/mol. The molecular weight excluding hydrogens is 386 g/mol. The van der Waals surface area contributed by atoms with Gasteiger partial charge in [0.1, 0.15) is 40.7 Å². The van der Waals surface area contributed by atoms with E-state index in [1.165, 1.54) is 4.68 Å². The molecule has 4 aromatic rings. The SMILES string of the molecule is N#CC(=Cc1cccc(Oc2ccccc2)c1)c1nn(-c2ccccc2)c(N)c1C#N. The summed E-state index contributed by atoms with van der Waals surface area (Å²) in [6.45, 7) is 0. The number of allylic oxidation sites excluding steroid dienone is 1. The number of hydrogen-bond donors (Lipinski definition) is 1. The molecule has 0 atom stereocenters. The number of rotatable bonds is 5. The number of nitrogen functional groups attached to an aromatic ring is 1. The van der Waals surface area contributed by atoms with Crippen LogP contribution in [0.5, 0.6) is 11.5 Å². The monoisotopic (exact) mass is 403 g/mol. The molecule has 0 unspecified atom stereocenters. The minimum absolute atomic E-state index is 0.161. The molecule has 4 rings (SSSR count). The second-order valence-electron chi connectivity index (χ2n) is 6.63. The first-order chi connectivity index (χ1) is 15.2. The highest BCUT2D eigenvalue weighted by atomic mass is 16.5. The molecule has 0 saturated carbocycles. The molecule has 1 aromatic heterocycles. The van der Waals surface area contributed by atoms with E-state index in [1.54, 1.807) is 6.08 Å². The highest BCUT2D eigenvalue weighted by Gasteiger charge is 2.19. The number of hydrogen-bond acceptors (Lipinski definition) is 5. The Hall–Kier alpha value is -4.81. The first kappa shape index (κ1) is 19.5. The zero-order chi connectivity index (χ0) is 21.6. The minimum atomic E-state index is 0.161. The van der Waals surface area contributed by atoms with Crippen molar-refractivity contribution in [3.63, 3.8) is 0 Å². The van der Waals surface area contributed by atoms with E-state index in [-0.39, 0.29) is 22.6 Å². The average Bonchev–Trinajstić information content (AvgIpc) is 3.15. The predicted octanol–water partition coefficient (Wildman–Crippen LogP) is 5.18. The van der Waals surface area contributed by atoms with Gasteiger partial charge in [-0.1, -0.05) is 48.5 Å². The largest absolute Gasteiger partial charge is 0.457 e. The Labute approximate surface area is 179 Å². The molecule has 0 radical (unpaired) electrons. The molecule has 0 saturated heterocycles. The summed E-state index contributed by atoms with van der Waals surface area (Å²) in [6, 6.07) is 30.2. The van der Waals surface area contributed by atoms with E-state index in [9.17, 15) is 10.5 Å². The Kier molecular flexibility index (Phi) is 5.47. The summed E-state index contributed by atoms with van der Waals surface area (Å²) >= 11 is 0. The maximum absolute atomic E-state index is 9.79. The standard InChI is InChI=1S/C25H17N5O/c26-16-19(14-18-8-7-13-22(15-18)31-21-11-5-2-6-12-21)24-23(17-27)25(28)30(29-24)20-9-3-1-4-10-20/h1-15H,28H2. The van der Waals surface area contributed by atoms with Gasteiger partial charge in [-0.3, -0.25) is 0 Å². The van der Waals surface area contributed by atoms with E-state index in [4.69, 9.17) is 10.5 Å². The fourth-order valence-corrected chi connectivity index (χ4v) is 3.11. The lowest BCUT2D eigenvalue weighted by Gasteiger charge is -2.06. The molecule has 3 aromatic carbocycles. The van der Waals surface area contributed by atoms with Crippen LogP contribution in [0.3, 0.4) is 0 Å². The minimum Gasteiger partial charge on any atom is -0.457 e. The van der Waals surface area contributed by atoms with Gasteiger partial charge in [-0.05, 0) is 48.0 Å². The fourth-order valence-electron chi connectivity index (χ4n) is 3.11. The van der Waals surface area contributed by atoms with Crippen molar-refractivity contribution in [2.45, 2.75) is 0 Å². The number of nitriles is 2. The number of nitrogens with two attached hydrogens (primary N) is 1.